The van der Waals surface area contributed by atoms with E-state index in [1.54, 1.807) is 0 Å². The number of nitrogens with two attached hydrogens (primary N) is 1. The number of ether oxygens (including phenoxy) is 3. The van der Waals surface area contributed by atoms with Crippen molar-refractivity contribution in [3.05, 3.63) is 70.0 Å². The fourth-order valence-electron chi connectivity index (χ4n) is 2.92. The smallest absolute Gasteiger partial charge is 0.490 e. The number of carbonyl (C=O) groups is 2. The van der Waals surface area contributed by atoms with Gasteiger partial charge in [0.15, 0.2) is 17.3 Å². The van der Waals surface area contributed by atoms with Gasteiger partial charge in [0.2, 0.25) is 11.6 Å². The number of methoxy groups -OCH3 is 1. The highest BCUT2D eigenvalue weighted by atomic mass is 35.5. The van der Waals surface area contributed by atoms with Crippen LogP contribution in [0.5, 0.6) is 23.0 Å². The summed E-state index contributed by atoms with van der Waals surface area (Å²) in [7, 11) is 0.946. The summed E-state index contributed by atoms with van der Waals surface area (Å²) in [5.74, 6) is -7.75. The summed E-state index contributed by atoms with van der Waals surface area (Å²) in [5, 5.41) is 1.91. The molecule has 0 radical (unpaired) electrons. The van der Waals surface area contributed by atoms with E-state index in [0.29, 0.717) is 11.6 Å². The van der Waals surface area contributed by atoms with Gasteiger partial charge in [-0.15, -0.1) is 13.2 Å². The number of aromatic nitrogens is 1. The number of amides is 2. The van der Waals surface area contributed by atoms with Crippen LogP contribution in [0.1, 0.15) is 26.4 Å². The molecule has 1 heterocycles. The van der Waals surface area contributed by atoms with Crippen molar-refractivity contribution >= 4 is 29.1 Å². The lowest BCUT2D eigenvalue weighted by Crippen LogP contribution is -2.18. The first-order valence-electron chi connectivity index (χ1n) is 9.68. The minimum atomic E-state index is -5.18. The number of anilines is 1. The average Bonchev–Trinajstić information content (AvgIpc) is 2.79. The molecule has 0 aliphatic heterocycles. The fourth-order valence-corrected chi connectivity index (χ4v) is 3.08. The molecule has 3 rings (SSSR count). The predicted octanol–water partition coefficient (Wildman–Crippen LogP) is 5.37. The molecule has 8 nitrogen and oxygen atoms in total. The molecular formula is C22H15ClF5N3O5. The van der Waals surface area contributed by atoms with Crippen molar-refractivity contribution in [1.82, 2.24) is 4.98 Å². The number of alkyl halides is 3. The van der Waals surface area contributed by atoms with E-state index in [9.17, 15) is 31.5 Å². The van der Waals surface area contributed by atoms with Crippen LogP contribution in [0.15, 0.2) is 36.5 Å². The van der Waals surface area contributed by atoms with E-state index in [-0.39, 0.29) is 11.4 Å². The molecule has 2 aromatic carbocycles. The molecule has 190 valence electrons. The molecule has 0 bridgehead atoms. The first kappa shape index (κ1) is 26.5. The second kappa shape index (κ2) is 10.2. The van der Waals surface area contributed by atoms with Gasteiger partial charge in [0.05, 0.1) is 12.1 Å². The monoisotopic (exact) mass is 531 g/mol. The topological polar surface area (TPSA) is 113 Å². The molecule has 1 aromatic heterocycles. The van der Waals surface area contributed by atoms with Crippen molar-refractivity contribution in [2.24, 2.45) is 5.73 Å². The van der Waals surface area contributed by atoms with E-state index in [1.807, 2.05) is 0 Å². The first-order chi connectivity index (χ1) is 16.8. The maximum absolute atomic E-state index is 14.9. The van der Waals surface area contributed by atoms with Gasteiger partial charge in [0.1, 0.15) is 17.0 Å². The minimum absolute atomic E-state index is 0.0615. The largest absolute Gasteiger partial charge is 0.573 e. The van der Waals surface area contributed by atoms with Gasteiger partial charge in [-0.3, -0.25) is 14.6 Å². The Morgan fingerprint density at radius 1 is 1.06 bits per heavy atom. The van der Waals surface area contributed by atoms with Crippen LogP contribution in [0, 0.1) is 18.6 Å². The van der Waals surface area contributed by atoms with Gasteiger partial charge >= 0.3 is 6.36 Å². The lowest BCUT2D eigenvalue weighted by Gasteiger charge is -2.17. The summed E-state index contributed by atoms with van der Waals surface area (Å²) >= 11 is 5.81. The van der Waals surface area contributed by atoms with Gasteiger partial charge in [-0.25, -0.2) is 4.39 Å². The van der Waals surface area contributed by atoms with Crippen LogP contribution in [-0.4, -0.2) is 30.3 Å². The number of hydrogen-bond acceptors (Lipinski definition) is 6. The molecule has 0 atom stereocenters. The summed E-state index contributed by atoms with van der Waals surface area (Å²) < 4.78 is 80.8. The van der Waals surface area contributed by atoms with Gasteiger partial charge in [0.25, 0.3) is 11.8 Å². The molecule has 0 saturated heterocycles. The van der Waals surface area contributed by atoms with Crippen molar-refractivity contribution in [3.63, 3.8) is 0 Å². The molecule has 0 saturated carbocycles. The quantitative estimate of drug-likeness (QED) is 0.396. The van der Waals surface area contributed by atoms with Crippen LogP contribution in [0.4, 0.5) is 27.6 Å². The predicted molar refractivity (Wildman–Crippen MR) is 117 cm³/mol. The lowest BCUT2D eigenvalue weighted by atomic mass is 10.1. The molecule has 2 amide bonds. The number of nitrogens with zero attached hydrogens (tertiary/aromatic N) is 1. The second-order valence-corrected chi connectivity index (χ2v) is 7.40. The van der Waals surface area contributed by atoms with Crippen LogP contribution in [0.3, 0.4) is 0 Å². The number of hydrogen-bond donors (Lipinski definition) is 2. The number of benzene rings is 2. The lowest BCUT2D eigenvalue weighted by molar-refractivity contribution is -0.275. The van der Waals surface area contributed by atoms with E-state index >= 15 is 0 Å². The molecule has 3 N–H and O–H groups in total. The molecular weight excluding hydrogens is 517 g/mol. The van der Waals surface area contributed by atoms with Crippen molar-refractivity contribution in [3.8, 4) is 23.0 Å². The Morgan fingerprint density at radius 3 is 2.31 bits per heavy atom. The highest BCUT2D eigenvalue weighted by Gasteiger charge is 2.34. The maximum atomic E-state index is 14.9. The highest BCUT2D eigenvalue weighted by molar-refractivity contribution is 6.31. The number of halogens is 6. The number of rotatable bonds is 7. The summed E-state index contributed by atoms with van der Waals surface area (Å²) in [4.78, 5) is 28.2. The van der Waals surface area contributed by atoms with E-state index < -0.39 is 63.4 Å². The molecule has 0 unspecified atom stereocenters. The number of carbonyl (C=O) groups excluding carboxylic acids is 2. The maximum Gasteiger partial charge on any atom is 0.573 e. The summed E-state index contributed by atoms with van der Waals surface area (Å²) in [5.41, 5.74) is 4.72. The SMILES string of the molecule is COc1c(Oc2ccc(Cl)c(F)c2C(=O)Nc2cc(C(N)=O)ncc2C)ccc(OC(F)(F)F)c1F. The zero-order chi connectivity index (χ0) is 26.8. The van der Waals surface area contributed by atoms with Crippen LogP contribution in [0.25, 0.3) is 0 Å². The Bertz CT molecular complexity index is 1350. The van der Waals surface area contributed by atoms with Crippen LogP contribution < -0.4 is 25.3 Å². The van der Waals surface area contributed by atoms with E-state index in [2.05, 4.69) is 15.0 Å². The molecule has 0 aliphatic carbocycles. The molecule has 0 aliphatic rings. The average molecular weight is 532 g/mol. The normalized spacial score (nSPS) is 11.1. The van der Waals surface area contributed by atoms with Crippen LogP contribution in [-0.2, 0) is 0 Å². The third kappa shape index (κ3) is 5.74. The van der Waals surface area contributed by atoms with Crippen LogP contribution >= 0.6 is 11.6 Å². The van der Waals surface area contributed by atoms with Crippen molar-refractivity contribution in [1.29, 1.82) is 0 Å². The second-order valence-electron chi connectivity index (χ2n) is 7.00. The van der Waals surface area contributed by atoms with Gasteiger partial charge in [0, 0.05) is 11.9 Å². The molecule has 36 heavy (non-hydrogen) atoms. The van der Waals surface area contributed by atoms with E-state index in [1.165, 1.54) is 13.1 Å². The molecule has 0 fully saturated rings. The number of primary amides is 1. The first-order valence-corrected chi connectivity index (χ1v) is 10.1. The molecule has 3 aromatic rings. The highest BCUT2D eigenvalue weighted by Crippen LogP contribution is 2.41. The Morgan fingerprint density at radius 2 is 1.69 bits per heavy atom. The molecule has 0 spiro atoms. The van der Waals surface area contributed by atoms with E-state index in [0.717, 1.165) is 31.4 Å². The molecule has 14 heteroatoms. The van der Waals surface area contributed by atoms with Gasteiger partial charge in [-0.1, -0.05) is 11.6 Å². The minimum Gasteiger partial charge on any atom is -0.490 e. The number of nitrogens with one attached hydrogen (secondary N) is 1. The van der Waals surface area contributed by atoms with Crippen LogP contribution in [0.2, 0.25) is 5.02 Å². The number of pyridine rings is 1. The zero-order valence-corrected chi connectivity index (χ0v) is 19.1. The van der Waals surface area contributed by atoms with Gasteiger partial charge in [-0.05, 0) is 42.8 Å². The summed E-state index contributed by atoms with van der Waals surface area (Å²) in [6.45, 7) is 1.54. The zero-order valence-electron chi connectivity index (χ0n) is 18.3. The Hall–Kier alpha value is -4.13. The van der Waals surface area contributed by atoms with Crippen molar-refractivity contribution < 1.29 is 45.8 Å². The third-order valence-corrected chi connectivity index (χ3v) is 4.85. The standard InChI is InChI=1S/C22H15ClF5N3O5/c1-9-8-30-12(20(29)32)7-11(9)31-21(33)16-13(4-3-10(23)17(16)24)35-15-6-5-14(36-22(26,27)28)18(25)19(15)34-2/h3-8H,1-2H3,(H2,29,32)(H,30,31,33). The Kier molecular flexibility index (Phi) is 7.53. The van der Waals surface area contributed by atoms with Gasteiger partial charge < -0.3 is 25.3 Å². The summed E-state index contributed by atoms with van der Waals surface area (Å²) in [6.07, 6.45) is -3.93. The number of aryl methyl sites for hydroxylation is 1. The fraction of sp³-hybridized carbons (Fsp3) is 0.136. The Balaban J connectivity index is 2.02. The van der Waals surface area contributed by atoms with Crippen molar-refractivity contribution in [2.45, 2.75) is 13.3 Å². The van der Waals surface area contributed by atoms with Gasteiger partial charge in [-0.2, -0.15) is 4.39 Å². The Labute approximate surface area is 204 Å². The third-order valence-electron chi connectivity index (χ3n) is 4.56. The summed E-state index contributed by atoms with van der Waals surface area (Å²) in [6, 6.07) is 4.75. The van der Waals surface area contributed by atoms with Crippen molar-refractivity contribution in [2.75, 3.05) is 12.4 Å². The van der Waals surface area contributed by atoms with E-state index in [4.69, 9.17) is 26.8 Å².